The summed E-state index contributed by atoms with van der Waals surface area (Å²) in [6.07, 6.45) is 6.20. The van der Waals surface area contributed by atoms with Gasteiger partial charge < -0.3 is 10.6 Å². The molecular weight excluding hydrogens is 458 g/mol. The average Bonchev–Trinajstić information content (AvgIpc) is 3.50. The SMILES string of the molecule is Cc1ccc(NC(=O)c2ccc(C=CC(=O)NO)s2)cc1Nc1nc(-c2cccnc2)cs1. The van der Waals surface area contributed by atoms with Crippen molar-refractivity contribution in [3.63, 3.8) is 0 Å². The number of hydrogen-bond acceptors (Lipinski definition) is 8. The van der Waals surface area contributed by atoms with Gasteiger partial charge in [-0.1, -0.05) is 6.07 Å². The zero-order valence-electron chi connectivity index (χ0n) is 17.4. The number of amides is 2. The highest BCUT2D eigenvalue weighted by molar-refractivity contribution is 7.15. The maximum Gasteiger partial charge on any atom is 0.267 e. The standard InChI is InChI=1S/C23H19N5O3S2/c1-14-4-5-16(25-22(30)20-8-6-17(33-20)7-9-21(29)28-31)11-18(14)26-23-27-19(13-32-23)15-3-2-10-24-12-15/h2-13,31H,1H3,(H,25,30)(H,26,27)(H,28,29). The first-order chi connectivity index (χ1) is 16.0. The maximum atomic E-state index is 12.7. The molecule has 0 atom stereocenters. The largest absolute Gasteiger partial charge is 0.331 e. The Kier molecular flexibility index (Phi) is 6.89. The van der Waals surface area contributed by atoms with E-state index in [-0.39, 0.29) is 5.91 Å². The lowest BCUT2D eigenvalue weighted by Gasteiger charge is -2.10. The fraction of sp³-hybridized carbons (Fsp3) is 0.0435. The van der Waals surface area contributed by atoms with Crippen molar-refractivity contribution in [2.75, 3.05) is 10.6 Å². The number of carbonyl (C=O) groups is 2. The van der Waals surface area contributed by atoms with E-state index in [0.29, 0.717) is 15.4 Å². The minimum absolute atomic E-state index is 0.255. The molecule has 2 amide bonds. The zero-order chi connectivity index (χ0) is 23.2. The molecule has 0 bridgehead atoms. The van der Waals surface area contributed by atoms with Crippen LogP contribution in [0.1, 0.15) is 20.1 Å². The number of carbonyl (C=O) groups excluding carboxylic acids is 2. The Labute approximate surface area is 197 Å². The summed E-state index contributed by atoms with van der Waals surface area (Å²) in [4.78, 5) is 33.7. The fourth-order valence-corrected chi connectivity index (χ4v) is 4.42. The Morgan fingerprint density at radius 1 is 1.15 bits per heavy atom. The van der Waals surface area contributed by atoms with Crippen LogP contribution >= 0.6 is 22.7 Å². The van der Waals surface area contributed by atoms with E-state index in [1.165, 1.54) is 40.3 Å². The van der Waals surface area contributed by atoms with Gasteiger partial charge in [-0.25, -0.2) is 10.5 Å². The molecular formula is C23H19N5O3S2. The summed E-state index contributed by atoms with van der Waals surface area (Å²) in [5, 5.41) is 17.5. The molecule has 3 aromatic heterocycles. The lowest BCUT2D eigenvalue weighted by molar-refractivity contribution is -0.124. The third-order valence-electron chi connectivity index (χ3n) is 4.56. The van der Waals surface area contributed by atoms with Crippen LogP contribution in [0.15, 0.2) is 66.3 Å². The number of aromatic nitrogens is 2. The van der Waals surface area contributed by atoms with Gasteiger partial charge in [0.2, 0.25) is 0 Å². The van der Waals surface area contributed by atoms with Crippen molar-refractivity contribution in [1.29, 1.82) is 0 Å². The van der Waals surface area contributed by atoms with E-state index in [4.69, 9.17) is 5.21 Å². The third-order valence-corrected chi connectivity index (χ3v) is 6.37. The van der Waals surface area contributed by atoms with Crippen molar-refractivity contribution in [2.45, 2.75) is 6.92 Å². The molecule has 0 aliphatic heterocycles. The summed E-state index contributed by atoms with van der Waals surface area (Å²) in [6, 6.07) is 12.9. The van der Waals surface area contributed by atoms with Crippen molar-refractivity contribution in [3.8, 4) is 11.3 Å². The molecule has 0 aliphatic carbocycles. The summed E-state index contributed by atoms with van der Waals surface area (Å²) >= 11 is 2.72. The van der Waals surface area contributed by atoms with Crippen LogP contribution in [-0.4, -0.2) is 27.0 Å². The Balaban J connectivity index is 1.45. The second-order valence-electron chi connectivity index (χ2n) is 6.90. The van der Waals surface area contributed by atoms with Gasteiger partial charge in [-0.3, -0.25) is 19.8 Å². The molecule has 10 heteroatoms. The molecule has 0 fully saturated rings. The molecule has 0 radical (unpaired) electrons. The molecule has 4 N–H and O–H groups in total. The van der Waals surface area contributed by atoms with Crippen LogP contribution in [0.2, 0.25) is 0 Å². The summed E-state index contributed by atoms with van der Waals surface area (Å²) < 4.78 is 0. The van der Waals surface area contributed by atoms with Gasteiger partial charge in [0.15, 0.2) is 5.13 Å². The fourth-order valence-electron chi connectivity index (χ4n) is 2.88. The first-order valence-electron chi connectivity index (χ1n) is 9.79. The molecule has 0 aliphatic rings. The van der Waals surface area contributed by atoms with Gasteiger partial charge in [0.1, 0.15) is 0 Å². The Morgan fingerprint density at radius 3 is 2.82 bits per heavy atom. The highest BCUT2D eigenvalue weighted by Gasteiger charge is 2.11. The molecule has 33 heavy (non-hydrogen) atoms. The van der Waals surface area contributed by atoms with E-state index >= 15 is 0 Å². The van der Waals surface area contributed by atoms with Crippen molar-refractivity contribution >= 4 is 57.1 Å². The second kappa shape index (κ2) is 10.2. The summed E-state index contributed by atoms with van der Waals surface area (Å²) in [5.41, 5.74) is 5.80. The van der Waals surface area contributed by atoms with Gasteiger partial charge in [-0.15, -0.1) is 22.7 Å². The predicted octanol–water partition coefficient (Wildman–Crippen LogP) is 5.09. The van der Waals surface area contributed by atoms with E-state index in [1.54, 1.807) is 24.5 Å². The average molecular weight is 478 g/mol. The smallest absolute Gasteiger partial charge is 0.267 e. The molecule has 4 rings (SSSR count). The van der Waals surface area contributed by atoms with E-state index in [1.807, 2.05) is 42.6 Å². The predicted molar refractivity (Wildman–Crippen MR) is 131 cm³/mol. The summed E-state index contributed by atoms with van der Waals surface area (Å²) in [7, 11) is 0. The lowest BCUT2D eigenvalue weighted by atomic mass is 10.2. The van der Waals surface area contributed by atoms with Crippen LogP contribution in [0.25, 0.3) is 17.3 Å². The van der Waals surface area contributed by atoms with Gasteiger partial charge in [0.25, 0.3) is 11.8 Å². The Bertz CT molecular complexity index is 1310. The highest BCUT2D eigenvalue weighted by atomic mass is 32.1. The topological polar surface area (TPSA) is 116 Å². The number of aryl methyl sites for hydroxylation is 1. The highest BCUT2D eigenvalue weighted by Crippen LogP contribution is 2.29. The van der Waals surface area contributed by atoms with E-state index < -0.39 is 5.91 Å². The van der Waals surface area contributed by atoms with Gasteiger partial charge in [0.05, 0.1) is 10.6 Å². The number of anilines is 3. The number of nitrogens with zero attached hydrogens (tertiary/aromatic N) is 2. The minimum atomic E-state index is -0.637. The van der Waals surface area contributed by atoms with E-state index in [0.717, 1.165) is 27.6 Å². The molecule has 3 heterocycles. The Hall–Kier alpha value is -3.86. The number of hydrogen-bond donors (Lipinski definition) is 4. The summed E-state index contributed by atoms with van der Waals surface area (Å²) in [6.45, 7) is 1.98. The van der Waals surface area contributed by atoms with Gasteiger partial charge in [0, 0.05) is 45.7 Å². The number of benzene rings is 1. The Morgan fingerprint density at radius 2 is 2.03 bits per heavy atom. The van der Waals surface area contributed by atoms with Crippen LogP contribution in [0.5, 0.6) is 0 Å². The molecule has 8 nitrogen and oxygen atoms in total. The molecule has 0 saturated carbocycles. The minimum Gasteiger partial charge on any atom is -0.331 e. The quantitative estimate of drug-likeness (QED) is 0.167. The third kappa shape index (κ3) is 5.69. The normalized spacial score (nSPS) is 10.8. The zero-order valence-corrected chi connectivity index (χ0v) is 19.0. The first-order valence-corrected chi connectivity index (χ1v) is 11.5. The van der Waals surface area contributed by atoms with E-state index in [2.05, 4.69) is 20.6 Å². The molecule has 4 aromatic rings. The molecule has 0 spiro atoms. The molecule has 166 valence electrons. The van der Waals surface area contributed by atoms with Crippen molar-refractivity contribution in [1.82, 2.24) is 15.4 Å². The van der Waals surface area contributed by atoms with Gasteiger partial charge >= 0.3 is 0 Å². The summed E-state index contributed by atoms with van der Waals surface area (Å²) in [5.74, 6) is -0.893. The number of thiazole rings is 1. The van der Waals surface area contributed by atoms with Gasteiger partial charge in [-0.05, 0) is 55.0 Å². The monoisotopic (exact) mass is 477 g/mol. The van der Waals surface area contributed by atoms with E-state index in [9.17, 15) is 9.59 Å². The van der Waals surface area contributed by atoms with Crippen LogP contribution in [0.4, 0.5) is 16.5 Å². The van der Waals surface area contributed by atoms with Crippen LogP contribution in [0, 0.1) is 6.92 Å². The second-order valence-corrected chi connectivity index (χ2v) is 8.87. The maximum absolute atomic E-state index is 12.7. The number of pyridine rings is 1. The van der Waals surface area contributed by atoms with Crippen LogP contribution in [-0.2, 0) is 4.79 Å². The first kappa shape index (κ1) is 22.3. The molecule has 0 saturated heterocycles. The number of rotatable bonds is 7. The van der Waals surface area contributed by atoms with Crippen molar-refractivity contribution in [2.24, 2.45) is 0 Å². The number of nitrogens with one attached hydrogen (secondary N) is 3. The molecule has 0 unspecified atom stereocenters. The number of hydroxylamine groups is 1. The van der Waals surface area contributed by atoms with Crippen LogP contribution in [0.3, 0.4) is 0 Å². The molecule has 1 aromatic carbocycles. The van der Waals surface area contributed by atoms with Gasteiger partial charge in [-0.2, -0.15) is 0 Å². The van der Waals surface area contributed by atoms with Crippen LogP contribution < -0.4 is 16.1 Å². The van der Waals surface area contributed by atoms with Crippen molar-refractivity contribution in [3.05, 3.63) is 81.6 Å². The van der Waals surface area contributed by atoms with Crippen molar-refractivity contribution < 1.29 is 14.8 Å². The number of thiophene rings is 1. The lowest BCUT2D eigenvalue weighted by Crippen LogP contribution is -2.14.